The van der Waals surface area contributed by atoms with E-state index in [0.29, 0.717) is 35.0 Å². The second kappa shape index (κ2) is 8.45. The van der Waals surface area contributed by atoms with Crippen molar-refractivity contribution in [2.24, 2.45) is 0 Å². The summed E-state index contributed by atoms with van der Waals surface area (Å²) in [5.41, 5.74) is 1.84. The highest BCUT2D eigenvalue weighted by Crippen LogP contribution is 2.22. The van der Waals surface area contributed by atoms with Gasteiger partial charge >= 0.3 is 0 Å². The van der Waals surface area contributed by atoms with E-state index in [1.807, 2.05) is 12.1 Å². The van der Waals surface area contributed by atoms with Crippen LogP contribution in [-0.4, -0.2) is 35.0 Å². The Morgan fingerprint density at radius 2 is 2.17 bits per heavy atom. The first kappa shape index (κ1) is 19.1. The van der Waals surface area contributed by atoms with Crippen LogP contribution in [-0.2, 0) is 4.74 Å². The summed E-state index contributed by atoms with van der Waals surface area (Å²) in [4.78, 5) is 12.7. The first-order valence-electron chi connectivity index (χ1n) is 9.57. The maximum Gasteiger partial charge on any atom is 0.259 e. The molecule has 0 radical (unpaired) electrons. The van der Waals surface area contributed by atoms with Crippen molar-refractivity contribution < 1.29 is 18.7 Å². The van der Waals surface area contributed by atoms with Crippen molar-refractivity contribution in [2.45, 2.75) is 25.9 Å². The number of ether oxygens (including phenoxy) is 2. The summed E-state index contributed by atoms with van der Waals surface area (Å²) in [6, 6.07) is 13.5. The third-order valence-corrected chi connectivity index (χ3v) is 4.89. The van der Waals surface area contributed by atoms with Gasteiger partial charge in [-0.05, 0) is 44.0 Å². The number of hydrogen-bond acceptors (Lipinski definition) is 4. The van der Waals surface area contributed by atoms with Gasteiger partial charge in [-0.15, -0.1) is 0 Å². The Hall–Kier alpha value is -3.19. The molecule has 4 rings (SSSR count). The lowest BCUT2D eigenvalue weighted by Crippen LogP contribution is -2.16. The number of rotatable bonds is 6. The number of aromatic nitrogens is 2. The van der Waals surface area contributed by atoms with Gasteiger partial charge in [0.1, 0.15) is 23.9 Å². The van der Waals surface area contributed by atoms with E-state index < -0.39 is 5.82 Å². The van der Waals surface area contributed by atoms with E-state index >= 15 is 0 Å². The van der Waals surface area contributed by atoms with Crippen LogP contribution in [0.1, 0.15) is 28.9 Å². The highest BCUT2D eigenvalue weighted by molar-refractivity contribution is 6.05. The predicted octanol–water partition coefficient (Wildman–Crippen LogP) is 4.13. The van der Waals surface area contributed by atoms with Crippen molar-refractivity contribution in [3.8, 4) is 11.4 Å². The van der Waals surface area contributed by atoms with Gasteiger partial charge in [0.15, 0.2) is 0 Å². The van der Waals surface area contributed by atoms with E-state index in [0.717, 1.165) is 19.4 Å². The second-order valence-electron chi connectivity index (χ2n) is 6.93. The van der Waals surface area contributed by atoms with Gasteiger partial charge in [-0.25, -0.2) is 9.07 Å². The lowest BCUT2D eigenvalue weighted by Gasteiger charge is -2.12. The number of anilines is 1. The van der Waals surface area contributed by atoms with Gasteiger partial charge in [-0.2, -0.15) is 5.10 Å². The zero-order valence-electron chi connectivity index (χ0n) is 16.1. The van der Waals surface area contributed by atoms with Gasteiger partial charge in [0, 0.05) is 18.4 Å². The highest BCUT2D eigenvalue weighted by Gasteiger charge is 2.18. The normalized spacial score (nSPS) is 16.0. The number of carbonyl (C=O) groups excluding carboxylic acids is 1. The van der Waals surface area contributed by atoms with Gasteiger partial charge < -0.3 is 14.8 Å². The van der Waals surface area contributed by atoms with Crippen LogP contribution in [0.25, 0.3) is 5.69 Å². The van der Waals surface area contributed by atoms with Gasteiger partial charge in [-0.1, -0.05) is 18.2 Å². The fourth-order valence-electron chi connectivity index (χ4n) is 3.33. The van der Waals surface area contributed by atoms with E-state index in [1.165, 1.54) is 16.9 Å². The van der Waals surface area contributed by atoms with Crippen LogP contribution in [0.2, 0.25) is 0 Å². The topological polar surface area (TPSA) is 65.4 Å². The number of halogens is 1. The Balaban J connectivity index is 1.46. The van der Waals surface area contributed by atoms with Crippen molar-refractivity contribution in [3.05, 3.63) is 71.8 Å². The number of para-hydroxylation sites is 1. The maximum atomic E-state index is 14.1. The molecular formula is C22H22FN3O3. The van der Waals surface area contributed by atoms with Gasteiger partial charge in [-0.3, -0.25) is 4.79 Å². The molecular weight excluding hydrogens is 373 g/mol. The largest absolute Gasteiger partial charge is 0.491 e. The molecule has 1 aliphatic rings. The average molecular weight is 395 g/mol. The molecule has 6 nitrogen and oxygen atoms in total. The molecule has 0 spiro atoms. The van der Waals surface area contributed by atoms with Crippen LogP contribution in [0.5, 0.6) is 5.75 Å². The number of nitrogens with one attached hydrogen (secondary N) is 1. The minimum absolute atomic E-state index is 0.125. The van der Waals surface area contributed by atoms with Gasteiger partial charge in [0.25, 0.3) is 5.91 Å². The first-order chi connectivity index (χ1) is 14.1. The van der Waals surface area contributed by atoms with E-state index in [1.54, 1.807) is 37.3 Å². The summed E-state index contributed by atoms with van der Waals surface area (Å²) in [6.07, 6.45) is 3.63. The summed E-state index contributed by atoms with van der Waals surface area (Å²) in [5.74, 6) is -0.0554. The molecule has 1 aromatic heterocycles. The standard InChI is InChI=1S/C22H22FN3O3/c1-15-19(13-24-26(15)21-10-3-2-9-20(21)23)22(27)25-16-6-4-7-17(12-16)29-14-18-8-5-11-28-18/h2-4,6-7,9-10,12-13,18H,5,8,11,14H2,1H3,(H,25,27). The van der Waals surface area contributed by atoms with Crippen LogP contribution < -0.4 is 10.1 Å². The fourth-order valence-corrected chi connectivity index (χ4v) is 3.33. The molecule has 0 bridgehead atoms. The van der Waals surface area contributed by atoms with Crippen molar-refractivity contribution >= 4 is 11.6 Å². The molecule has 1 N–H and O–H groups in total. The Kier molecular flexibility index (Phi) is 5.57. The molecule has 3 aromatic rings. The summed E-state index contributed by atoms with van der Waals surface area (Å²) in [7, 11) is 0. The fraction of sp³-hybridized carbons (Fsp3) is 0.273. The highest BCUT2D eigenvalue weighted by atomic mass is 19.1. The molecule has 1 unspecified atom stereocenters. The molecule has 2 heterocycles. The van der Waals surface area contributed by atoms with E-state index in [9.17, 15) is 9.18 Å². The van der Waals surface area contributed by atoms with E-state index in [-0.39, 0.29) is 12.0 Å². The van der Waals surface area contributed by atoms with Crippen LogP contribution >= 0.6 is 0 Å². The number of amides is 1. The van der Waals surface area contributed by atoms with Crippen molar-refractivity contribution in [1.82, 2.24) is 9.78 Å². The SMILES string of the molecule is Cc1c(C(=O)Nc2cccc(OCC3CCCO3)c2)cnn1-c1ccccc1F. The first-order valence-corrected chi connectivity index (χ1v) is 9.57. The minimum atomic E-state index is -0.401. The summed E-state index contributed by atoms with van der Waals surface area (Å²) >= 11 is 0. The number of carbonyl (C=O) groups is 1. The maximum absolute atomic E-state index is 14.1. The van der Waals surface area contributed by atoms with Crippen molar-refractivity contribution in [1.29, 1.82) is 0 Å². The number of benzene rings is 2. The smallest absolute Gasteiger partial charge is 0.259 e. The zero-order chi connectivity index (χ0) is 20.2. The molecule has 0 aliphatic carbocycles. The molecule has 2 aromatic carbocycles. The zero-order valence-corrected chi connectivity index (χ0v) is 16.1. The van der Waals surface area contributed by atoms with Gasteiger partial charge in [0.05, 0.1) is 23.6 Å². The predicted molar refractivity (Wildman–Crippen MR) is 107 cm³/mol. The molecule has 1 fully saturated rings. The molecule has 150 valence electrons. The Labute approximate surface area is 168 Å². The molecule has 29 heavy (non-hydrogen) atoms. The van der Waals surface area contributed by atoms with Gasteiger partial charge in [0.2, 0.25) is 0 Å². The molecule has 1 aliphatic heterocycles. The third-order valence-electron chi connectivity index (χ3n) is 4.89. The molecule has 7 heteroatoms. The molecule has 1 saturated heterocycles. The number of hydrogen-bond donors (Lipinski definition) is 1. The van der Waals surface area contributed by atoms with Crippen molar-refractivity contribution in [3.63, 3.8) is 0 Å². The number of nitrogens with zero attached hydrogens (tertiary/aromatic N) is 2. The lowest BCUT2D eigenvalue weighted by molar-refractivity contribution is 0.0680. The Morgan fingerprint density at radius 3 is 2.97 bits per heavy atom. The monoisotopic (exact) mass is 395 g/mol. The molecule has 1 amide bonds. The quantitative estimate of drug-likeness (QED) is 0.682. The minimum Gasteiger partial charge on any atom is -0.491 e. The summed E-state index contributed by atoms with van der Waals surface area (Å²) in [6.45, 7) is 3.01. The summed E-state index contributed by atoms with van der Waals surface area (Å²) < 4.78 is 26.8. The third kappa shape index (κ3) is 4.30. The average Bonchev–Trinajstić information content (AvgIpc) is 3.37. The summed E-state index contributed by atoms with van der Waals surface area (Å²) in [5, 5.41) is 7.03. The lowest BCUT2D eigenvalue weighted by atomic mass is 10.2. The van der Waals surface area contributed by atoms with E-state index in [4.69, 9.17) is 9.47 Å². The molecule has 0 saturated carbocycles. The van der Waals surface area contributed by atoms with Crippen LogP contribution in [0.15, 0.2) is 54.7 Å². The van der Waals surface area contributed by atoms with Crippen LogP contribution in [0.3, 0.4) is 0 Å². The van der Waals surface area contributed by atoms with Crippen molar-refractivity contribution in [2.75, 3.05) is 18.5 Å². The van der Waals surface area contributed by atoms with Crippen LogP contribution in [0.4, 0.5) is 10.1 Å². The Bertz CT molecular complexity index is 1010. The molecule has 1 atom stereocenters. The Morgan fingerprint density at radius 1 is 1.31 bits per heavy atom. The van der Waals surface area contributed by atoms with Crippen LogP contribution in [0, 0.1) is 12.7 Å². The second-order valence-corrected chi connectivity index (χ2v) is 6.93. The van der Waals surface area contributed by atoms with E-state index in [2.05, 4.69) is 10.4 Å².